The Kier molecular flexibility index (Phi) is 3.62. The number of hydrogen-bond acceptors (Lipinski definition) is 5. The highest BCUT2D eigenvalue weighted by molar-refractivity contribution is 6.24. The normalized spacial score (nSPS) is 15.0. The van der Waals surface area contributed by atoms with Crippen molar-refractivity contribution in [3.05, 3.63) is 29.3 Å². The van der Waals surface area contributed by atoms with Gasteiger partial charge < -0.3 is 16.6 Å². The van der Waals surface area contributed by atoms with Gasteiger partial charge in [0.05, 0.1) is 11.1 Å². The van der Waals surface area contributed by atoms with E-state index in [1.807, 2.05) is 0 Å². The molecule has 1 aliphatic rings. The largest absolute Gasteiger partial charge is 0.481 e. The van der Waals surface area contributed by atoms with Gasteiger partial charge in [-0.15, -0.1) is 0 Å². The quantitative estimate of drug-likeness (QED) is 0.496. The molecule has 1 aromatic rings. The third-order valence-corrected chi connectivity index (χ3v) is 3.25. The fourth-order valence-electron chi connectivity index (χ4n) is 2.27. The highest BCUT2D eigenvalue weighted by Gasteiger charge is 2.43. The molecule has 3 amide bonds. The maximum absolute atomic E-state index is 12.3. The molecule has 21 heavy (non-hydrogen) atoms. The van der Waals surface area contributed by atoms with Gasteiger partial charge in [0.15, 0.2) is 0 Å². The third-order valence-electron chi connectivity index (χ3n) is 3.25. The molecule has 0 spiro atoms. The number of benzene rings is 1. The lowest BCUT2D eigenvalue weighted by Gasteiger charge is -2.22. The molecule has 0 saturated heterocycles. The molecule has 0 radical (unpaired) electrons. The lowest BCUT2D eigenvalue weighted by molar-refractivity contribution is -0.137. The predicted octanol–water partition coefficient (Wildman–Crippen LogP) is -0.416. The topological polar surface area (TPSA) is 144 Å². The summed E-state index contributed by atoms with van der Waals surface area (Å²) >= 11 is 0. The standard InChI is InChI=1S/C13H13N3O5/c14-7-3-1-2-6-10(7)13(21)16(12(6)20)8(11(15)19)4-5-9(17)18/h1-3,8H,4-5,14H2,(H2,15,19)(H,17,18)/t8-/m0/s1. The van der Waals surface area contributed by atoms with Gasteiger partial charge in [-0.2, -0.15) is 0 Å². The first-order valence-electron chi connectivity index (χ1n) is 6.12. The van der Waals surface area contributed by atoms with E-state index in [1.54, 1.807) is 0 Å². The summed E-state index contributed by atoms with van der Waals surface area (Å²) in [7, 11) is 0. The minimum Gasteiger partial charge on any atom is -0.481 e. The second-order valence-electron chi connectivity index (χ2n) is 4.60. The Morgan fingerprint density at radius 1 is 1.24 bits per heavy atom. The highest BCUT2D eigenvalue weighted by Crippen LogP contribution is 2.29. The minimum absolute atomic E-state index is 0.0177. The van der Waals surface area contributed by atoms with Crippen molar-refractivity contribution < 1.29 is 24.3 Å². The van der Waals surface area contributed by atoms with Gasteiger partial charge in [-0.3, -0.25) is 24.1 Å². The van der Waals surface area contributed by atoms with Gasteiger partial charge >= 0.3 is 5.97 Å². The monoisotopic (exact) mass is 291 g/mol. The van der Waals surface area contributed by atoms with E-state index >= 15 is 0 Å². The fourth-order valence-corrected chi connectivity index (χ4v) is 2.27. The molecule has 1 aromatic carbocycles. The molecule has 0 aromatic heterocycles. The summed E-state index contributed by atoms with van der Waals surface area (Å²) in [6, 6.07) is 3.08. The van der Waals surface area contributed by atoms with Crippen LogP contribution in [0.25, 0.3) is 0 Å². The van der Waals surface area contributed by atoms with Crippen LogP contribution in [0.15, 0.2) is 18.2 Å². The second kappa shape index (κ2) is 5.23. The van der Waals surface area contributed by atoms with E-state index in [0.29, 0.717) is 4.90 Å². The molecule has 5 N–H and O–H groups in total. The molecule has 1 heterocycles. The smallest absolute Gasteiger partial charge is 0.303 e. The van der Waals surface area contributed by atoms with Gasteiger partial charge in [0, 0.05) is 12.1 Å². The van der Waals surface area contributed by atoms with Crippen LogP contribution in [0, 0.1) is 0 Å². The first-order chi connectivity index (χ1) is 9.84. The molecule has 1 aliphatic heterocycles. The summed E-state index contributed by atoms with van der Waals surface area (Å²) < 4.78 is 0. The Morgan fingerprint density at radius 2 is 1.90 bits per heavy atom. The summed E-state index contributed by atoms with van der Waals surface area (Å²) in [6.07, 6.45) is -0.632. The summed E-state index contributed by atoms with van der Waals surface area (Å²) in [6.45, 7) is 0. The number of aliphatic carboxylic acids is 1. The molecule has 8 heteroatoms. The molecule has 0 bridgehead atoms. The molecule has 2 rings (SSSR count). The van der Waals surface area contributed by atoms with Crippen molar-refractivity contribution in [2.24, 2.45) is 5.73 Å². The predicted molar refractivity (Wildman–Crippen MR) is 71.2 cm³/mol. The second-order valence-corrected chi connectivity index (χ2v) is 4.60. The van der Waals surface area contributed by atoms with Gasteiger partial charge in [0.1, 0.15) is 6.04 Å². The van der Waals surface area contributed by atoms with Crippen molar-refractivity contribution in [2.45, 2.75) is 18.9 Å². The highest BCUT2D eigenvalue weighted by atomic mass is 16.4. The molecular formula is C13H13N3O5. The van der Waals surface area contributed by atoms with E-state index in [-0.39, 0.29) is 23.2 Å². The van der Waals surface area contributed by atoms with Crippen LogP contribution >= 0.6 is 0 Å². The Labute approximate surface area is 119 Å². The molecule has 0 saturated carbocycles. The van der Waals surface area contributed by atoms with Crippen LogP contribution in [0.5, 0.6) is 0 Å². The van der Waals surface area contributed by atoms with Crippen molar-refractivity contribution in [3.8, 4) is 0 Å². The van der Waals surface area contributed by atoms with Crippen LogP contribution in [-0.2, 0) is 9.59 Å². The molecule has 8 nitrogen and oxygen atoms in total. The summed E-state index contributed by atoms with van der Waals surface area (Å²) in [5, 5.41) is 8.68. The molecule has 110 valence electrons. The number of fused-ring (bicyclic) bond motifs is 1. The van der Waals surface area contributed by atoms with Crippen molar-refractivity contribution in [1.29, 1.82) is 0 Å². The number of carbonyl (C=O) groups excluding carboxylic acids is 3. The number of primary amides is 1. The minimum atomic E-state index is -1.31. The molecule has 0 fully saturated rings. The Morgan fingerprint density at radius 3 is 2.43 bits per heavy atom. The van der Waals surface area contributed by atoms with Crippen LogP contribution in [0.2, 0.25) is 0 Å². The summed E-state index contributed by atoms with van der Waals surface area (Å²) in [5.41, 5.74) is 11.1. The summed E-state index contributed by atoms with van der Waals surface area (Å²) in [5.74, 6) is -3.53. The van der Waals surface area contributed by atoms with Gasteiger partial charge in [-0.1, -0.05) is 6.07 Å². The number of nitrogen functional groups attached to an aromatic ring is 1. The first kappa shape index (κ1) is 14.5. The zero-order chi connectivity index (χ0) is 15.7. The number of hydrogen-bond donors (Lipinski definition) is 3. The number of imide groups is 1. The number of rotatable bonds is 5. The lowest BCUT2D eigenvalue weighted by Crippen LogP contribution is -2.48. The maximum atomic E-state index is 12.3. The van der Waals surface area contributed by atoms with Crippen LogP contribution in [0.4, 0.5) is 5.69 Å². The van der Waals surface area contributed by atoms with Gasteiger partial charge in [0.25, 0.3) is 11.8 Å². The van der Waals surface area contributed by atoms with E-state index in [9.17, 15) is 19.2 Å². The molecule has 1 atom stereocenters. The number of nitrogens with zero attached hydrogens (tertiary/aromatic N) is 1. The first-order valence-corrected chi connectivity index (χ1v) is 6.12. The molecule has 0 unspecified atom stereocenters. The third kappa shape index (κ3) is 2.42. The zero-order valence-electron chi connectivity index (χ0n) is 10.9. The maximum Gasteiger partial charge on any atom is 0.303 e. The summed E-state index contributed by atoms with van der Waals surface area (Å²) in [4.78, 5) is 47.3. The molecule has 0 aliphatic carbocycles. The lowest BCUT2D eigenvalue weighted by atomic mass is 10.1. The van der Waals surface area contributed by atoms with Crippen molar-refractivity contribution >= 4 is 29.4 Å². The number of anilines is 1. The van der Waals surface area contributed by atoms with E-state index < -0.39 is 36.2 Å². The van der Waals surface area contributed by atoms with Gasteiger partial charge in [0.2, 0.25) is 5.91 Å². The Bertz CT molecular complexity index is 655. The van der Waals surface area contributed by atoms with Gasteiger partial charge in [-0.25, -0.2) is 0 Å². The zero-order valence-corrected chi connectivity index (χ0v) is 10.9. The number of nitrogens with two attached hydrogens (primary N) is 2. The van der Waals surface area contributed by atoms with E-state index in [4.69, 9.17) is 16.6 Å². The average Bonchev–Trinajstić information content (AvgIpc) is 2.64. The van der Waals surface area contributed by atoms with Crippen molar-refractivity contribution in [2.75, 3.05) is 5.73 Å². The van der Waals surface area contributed by atoms with E-state index in [0.717, 1.165) is 0 Å². The average molecular weight is 291 g/mol. The van der Waals surface area contributed by atoms with Crippen LogP contribution < -0.4 is 11.5 Å². The molecular weight excluding hydrogens is 278 g/mol. The number of carbonyl (C=O) groups is 4. The SMILES string of the molecule is NC(=O)[C@H](CCC(=O)O)N1C(=O)c2cccc(N)c2C1=O. The Hall–Kier alpha value is -2.90. The van der Waals surface area contributed by atoms with Gasteiger partial charge in [-0.05, 0) is 18.6 Å². The van der Waals surface area contributed by atoms with E-state index in [1.165, 1.54) is 18.2 Å². The van der Waals surface area contributed by atoms with Crippen LogP contribution in [-0.4, -0.2) is 39.7 Å². The van der Waals surface area contributed by atoms with Crippen LogP contribution in [0.1, 0.15) is 33.6 Å². The fraction of sp³-hybridized carbons (Fsp3) is 0.231. The number of amides is 3. The van der Waals surface area contributed by atoms with Crippen molar-refractivity contribution in [1.82, 2.24) is 4.90 Å². The number of carboxylic acid groups (broad SMARTS) is 1. The van der Waals surface area contributed by atoms with Crippen LogP contribution in [0.3, 0.4) is 0 Å². The number of carboxylic acids is 1. The van der Waals surface area contributed by atoms with E-state index in [2.05, 4.69) is 0 Å². The van der Waals surface area contributed by atoms with Crippen molar-refractivity contribution in [3.63, 3.8) is 0 Å². The Balaban J connectivity index is 2.38.